The molecular formula is C42H33NO. The molecular weight excluding hydrogens is 534 g/mol. The summed E-state index contributed by atoms with van der Waals surface area (Å²) >= 11 is 0. The summed E-state index contributed by atoms with van der Waals surface area (Å²) in [6.07, 6.45) is 0. The normalized spacial score (nSPS) is 15.8. The number of hydrogen-bond donors (Lipinski definition) is 0. The summed E-state index contributed by atoms with van der Waals surface area (Å²) in [5.74, 6) is 1.84. The van der Waals surface area contributed by atoms with Gasteiger partial charge >= 0.3 is 0 Å². The maximum Gasteiger partial charge on any atom is 0.152 e. The third kappa shape index (κ3) is 3.26. The summed E-state index contributed by atoms with van der Waals surface area (Å²) < 4.78 is 6.95. The first-order valence-corrected chi connectivity index (χ1v) is 15.5. The van der Waals surface area contributed by atoms with Crippen molar-refractivity contribution in [3.8, 4) is 44.9 Å². The van der Waals surface area contributed by atoms with Gasteiger partial charge in [0.2, 0.25) is 0 Å². The summed E-state index contributed by atoms with van der Waals surface area (Å²) in [7, 11) is 0. The minimum absolute atomic E-state index is 0.138. The van der Waals surface area contributed by atoms with Crippen molar-refractivity contribution in [2.75, 3.05) is 4.90 Å². The van der Waals surface area contributed by atoms with Crippen molar-refractivity contribution in [3.63, 3.8) is 0 Å². The number of rotatable bonds is 3. The SMILES string of the molecule is CC1(C)c2cccc3c2N2c4c(cc(-c5c(-c6ccccc6)cccc5-c5ccccc5)cc4C(C)(C)c4cccc1c42)O3. The molecule has 212 valence electrons. The van der Waals surface area contributed by atoms with Gasteiger partial charge in [-0.15, -0.1) is 0 Å². The van der Waals surface area contributed by atoms with Crippen LogP contribution in [-0.2, 0) is 10.8 Å². The quantitative estimate of drug-likeness (QED) is 0.211. The highest BCUT2D eigenvalue weighted by atomic mass is 16.5. The van der Waals surface area contributed by atoms with Crippen molar-refractivity contribution in [2.45, 2.75) is 38.5 Å². The van der Waals surface area contributed by atoms with Crippen LogP contribution in [0.15, 0.2) is 127 Å². The van der Waals surface area contributed by atoms with Crippen molar-refractivity contribution in [3.05, 3.63) is 150 Å². The van der Waals surface area contributed by atoms with E-state index >= 15 is 0 Å². The van der Waals surface area contributed by atoms with E-state index in [0.717, 1.165) is 11.5 Å². The fourth-order valence-electron chi connectivity index (χ4n) is 7.99. The lowest BCUT2D eigenvalue weighted by molar-refractivity contribution is 0.464. The second kappa shape index (κ2) is 8.74. The van der Waals surface area contributed by atoms with E-state index in [4.69, 9.17) is 4.74 Å². The van der Waals surface area contributed by atoms with Crippen LogP contribution in [0.3, 0.4) is 0 Å². The molecule has 0 spiro atoms. The van der Waals surface area contributed by atoms with Crippen molar-refractivity contribution < 1.29 is 4.74 Å². The van der Waals surface area contributed by atoms with Crippen LogP contribution in [-0.4, -0.2) is 0 Å². The van der Waals surface area contributed by atoms with Gasteiger partial charge in [-0.2, -0.15) is 0 Å². The third-order valence-electron chi connectivity index (χ3n) is 10.2. The zero-order chi connectivity index (χ0) is 29.8. The van der Waals surface area contributed by atoms with Crippen LogP contribution in [0.4, 0.5) is 17.1 Å². The molecule has 0 saturated carbocycles. The van der Waals surface area contributed by atoms with Gasteiger partial charge in [0.15, 0.2) is 11.5 Å². The monoisotopic (exact) mass is 567 g/mol. The highest BCUT2D eigenvalue weighted by molar-refractivity contribution is 6.02. The number of ether oxygens (including phenoxy) is 1. The minimum Gasteiger partial charge on any atom is -0.453 e. The van der Waals surface area contributed by atoms with Gasteiger partial charge < -0.3 is 9.64 Å². The molecule has 9 rings (SSSR count). The molecule has 0 N–H and O–H groups in total. The smallest absolute Gasteiger partial charge is 0.152 e. The third-order valence-corrected chi connectivity index (χ3v) is 10.2. The molecule has 0 radical (unpaired) electrons. The van der Waals surface area contributed by atoms with Crippen LogP contribution in [0.2, 0.25) is 0 Å². The summed E-state index contributed by atoms with van der Waals surface area (Å²) in [6.45, 7) is 9.46. The zero-order valence-electron chi connectivity index (χ0n) is 25.5. The first-order valence-electron chi connectivity index (χ1n) is 15.5. The van der Waals surface area contributed by atoms with Crippen LogP contribution in [0.25, 0.3) is 33.4 Å². The van der Waals surface area contributed by atoms with E-state index in [1.165, 1.54) is 72.7 Å². The topological polar surface area (TPSA) is 12.5 Å². The Labute approximate surface area is 259 Å². The van der Waals surface area contributed by atoms with Gasteiger partial charge in [-0.3, -0.25) is 0 Å². The van der Waals surface area contributed by atoms with E-state index in [1.807, 2.05) is 0 Å². The predicted octanol–water partition coefficient (Wildman–Crippen LogP) is 11.5. The van der Waals surface area contributed by atoms with E-state index in [1.54, 1.807) is 0 Å². The van der Waals surface area contributed by atoms with Crippen LogP contribution in [0.5, 0.6) is 11.5 Å². The van der Waals surface area contributed by atoms with Gasteiger partial charge in [-0.1, -0.05) is 137 Å². The van der Waals surface area contributed by atoms with Gasteiger partial charge in [-0.05, 0) is 73.8 Å². The number of benzene rings is 6. The Morgan fingerprint density at radius 1 is 0.432 bits per heavy atom. The van der Waals surface area contributed by atoms with Crippen LogP contribution < -0.4 is 9.64 Å². The van der Waals surface area contributed by atoms with Gasteiger partial charge in [-0.25, -0.2) is 0 Å². The molecule has 6 aromatic carbocycles. The lowest BCUT2D eigenvalue weighted by Gasteiger charge is -2.51. The second-order valence-electron chi connectivity index (χ2n) is 13.4. The fraction of sp³-hybridized carbons (Fsp3) is 0.143. The zero-order valence-corrected chi connectivity index (χ0v) is 25.5. The largest absolute Gasteiger partial charge is 0.453 e. The Bertz CT molecular complexity index is 2080. The first-order chi connectivity index (χ1) is 21.4. The molecule has 2 nitrogen and oxygen atoms in total. The summed E-state index contributed by atoms with van der Waals surface area (Å²) in [6, 6.07) is 46.4. The van der Waals surface area contributed by atoms with Crippen LogP contribution in [0, 0.1) is 0 Å². The highest BCUT2D eigenvalue weighted by Gasteiger charge is 2.49. The fourth-order valence-corrected chi connectivity index (χ4v) is 7.99. The lowest BCUT2D eigenvalue weighted by Crippen LogP contribution is -2.39. The number of hydrogen-bond acceptors (Lipinski definition) is 2. The molecule has 44 heavy (non-hydrogen) atoms. The van der Waals surface area contributed by atoms with E-state index in [-0.39, 0.29) is 10.8 Å². The highest BCUT2D eigenvalue weighted by Crippen LogP contribution is 2.66. The maximum atomic E-state index is 6.95. The van der Waals surface area contributed by atoms with Crippen LogP contribution in [0.1, 0.15) is 49.9 Å². The van der Waals surface area contributed by atoms with Crippen molar-refractivity contribution >= 4 is 17.1 Å². The molecule has 0 amide bonds. The average molecular weight is 568 g/mol. The maximum absolute atomic E-state index is 6.95. The minimum atomic E-state index is -0.236. The Balaban J connectivity index is 1.38. The molecule has 0 atom stereocenters. The van der Waals surface area contributed by atoms with E-state index in [0.29, 0.717) is 0 Å². The van der Waals surface area contributed by atoms with Gasteiger partial charge in [0.05, 0.1) is 17.1 Å². The van der Waals surface area contributed by atoms with Gasteiger partial charge in [0.1, 0.15) is 0 Å². The molecule has 3 heterocycles. The Hall–Kier alpha value is -5.08. The summed E-state index contributed by atoms with van der Waals surface area (Å²) in [5, 5.41) is 0. The molecule has 0 aromatic heterocycles. The Kier molecular flexibility index (Phi) is 5.05. The van der Waals surface area contributed by atoms with E-state index in [2.05, 4.69) is 160 Å². The molecule has 3 aliphatic rings. The summed E-state index contributed by atoms with van der Waals surface area (Å²) in [4.78, 5) is 2.52. The molecule has 0 fully saturated rings. The number of anilines is 3. The van der Waals surface area contributed by atoms with Gasteiger partial charge in [0.25, 0.3) is 0 Å². The first kappa shape index (κ1) is 25.4. The van der Waals surface area contributed by atoms with Crippen molar-refractivity contribution in [1.29, 1.82) is 0 Å². The van der Waals surface area contributed by atoms with Crippen molar-refractivity contribution in [1.82, 2.24) is 0 Å². The lowest BCUT2D eigenvalue weighted by atomic mass is 9.65. The molecule has 3 aliphatic heterocycles. The molecule has 0 bridgehead atoms. The molecule has 0 aliphatic carbocycles. The number of para-hydroxylation sites is 2. The average Bonchev–Trinajstić information content (AvgIpc) is 3.05. The molecule has 2 heteroatoms. The van der Waals surface area contributed by atoms with Crippen LogP contribution >= 0.6 is 0 Å². The molecule has 0 unspecified atom stereocenters. The Morgan fingerprint density at radius 2 is 0.932 bits per heavy atom. The standard InChI is InChI=1S/C42H33NO/c1-41(2)31-20-12-21-32-38(31)43-39-33(41)22-13-23-35(39)44-36-25-28(24-34(40(36)43)42(32,3)4)37-29(26-14-7-5-8-15-26)18-11-19-30(37)27-16-9-6-10-17-27/h5-25H,1-4H3. The predicted molar refractivity (Wildman–Crippen MR) is 182 cm³/mol. The molecule has 0 saturated heterocycles. The second-order valence-corrected chi connectivity index (χ2v) is 13.4. The van der Waals surface area contributed by atoms with Crippen molar-refractivity contribution in [2.24, 2.45) is 0 Å². The number of nitrogens with zero attached hydrogens (tertiary/aromatic N) is 1. The van der Waals surface area contributed by atoms with E-state index < -0.39 is 0 Å². The van der Waals surface area contributed by atoms with E-state index in [9.17, 15) is 0 Å². The molecule has 6 aromatic rings. The van der Waals surface area contributed by atoms with Gasteiger partial charge in [0, 0.05) is 10.8 Å². The summed E-state index contributed by atoms with van der Waals surface area (Å²) in [5.41, 5.74) is 15.9. The Morgan fingerprint density at radius 3 is 1.55 bits per heavy atom.